The molecule has 34 heavy (non-hydrogen) atoms. The summed E-state index contributed by atoms with van der Waals surface area (Å²) in [4.78, 5) is 32.4. The van der Waals surface area contributed by atoms with Gasteiger partial charge in [-0.2, -0.15) is 0 Å². The van der Waals surface area contributed by atoms with Gasteiger partial charge >= 0.3 is 6.09 Å². The van der Waals surface area contributed by atoms with Crippen LogP contribution in [0.3, 0.4) is 0 Å². The molecule has 1 aromatic heterocycles. The van der Waals surface area contributed by atoms with Gasteiger partial charge in [0.2, 0.25) is 6.17 Å². The van der Waals surface area contributed by atoms with Gasteiger partial charge in [0.05, 0.1) is 37.4 Å². The van der Waals surface area contributed by atoms with Crippen LogP contribution in [0.15, 0.2) is 76.3 Å². The quantitative estimate of drug-likeness (QED) is 0.607. The molecule has 0 unspecified atom stereocenters. The van der Waals surface area contributed by atoms with E-state index in [-0.39, 0.29) is 0 Å². The summed E-state index contributed by atoms with van der Waals surface area (Å²) in [5, 5.41) is 5.42. The third-order valence-electron chi connectivity index (χ3n) is 5.63. The predicted octanol–water partition coefficient (Wildman–Crippen LogP) is 3.02. The van der Waals surface area contributed by atoms with Crippen molar-refractivity contribution in [2.45, 2.75) is 12.7 Å². The third kappa shape index (κ3) is 4.85. The molecule has 0 bridgehead atoms. The number of nitrogens with one attached hydrogen (secondary N) is 2. The van der Waals surface area contributed by atoms with Crippen LogP contribution in [-0.4, -0.2) is 55.1 Å². The fourth-order valence-corrected chi connectivity index (χ4v) is 3.92. The first-order valence-corrected chi connectivity index (χ1v) is 11.1. The van der Waals surface area contributed by atoms with Crippen molar-refractivity contribution in [3.63, 3.8) is 0 Å². The first-order valence-electron chi connectivity index (χ1n) is 11.1. The monoisotopic (exact) mass is 460 g/mol. The molecule has 2 N–H and O–H groups in total. The number of furan rings is 1. The van der Waals surface area contributed by atoms with Crippen molar-refractivity contribution in [3.05, 3.63) is 83.8 Å². The summed E-state index contributed by atoms with van der Waals surface area (Å²) in [5.41, 5.74) is 2.81. The number of amides is 2. The molecule has 2 aliphatic rings. The van der Waals surface area contributed by atoms with Gasteiger partial charge in [-0.3, -0.25) is 15.0 Å². The Morgan fingerprint density at radius 2 is 1.85 bits per heavy atom. The Labute approximate surface area is 196 Å². The van der Waals surface area contributed by atoms with Crippen molar-refractivity contribution in [2.75, 3.05) is 31.6 Å². The summed E-state index contributed by atoms with van der Waals surface area (Å²) in [6.07, 6.45) is -0.504. The number of aliphatic imine (C=N–C) groups is 1. The van der Waals surface area contributed by atoms with Crippen molar-refractivity contribution in [2.24, 2.45) is 4.99 Å². The lowest BCUT2D eigenvalue weighted by Crippen LogP contribution is -2.43. The van der Waals surface area contributed by atoms with E-state index in [2.05, 4.69) is 20.5 Å². The van der Waals surface area contributed by atoms with Gasteiger partial charge in [-0.05, 0) is 6.07 Å². The summed E-state index contributed by atoms with van der Waals surface area (Å²) in [6.45, 7) is 3.34. The van der Waals surface area contributed by atoms with Crippen molar-refractivity contribution in [1.29, 1.82) is 0 Å². The summed E-state index contributed by atoms with van der Waals surface area (Å²) in [6, 6.07) is 18.5. The van der Waals surface area contributed by atoms with Crippen molar-refractivity contribution < 1.29 is 23.5 Å². The Kier molecular flexibility index (Phi) is 6.37. The average molecular weight is 460 g/mol. The Morgan fingerprint density at radius 1 is 1.09 bits per heavy atom. The number of para-hydroxylation sites is 1. The van der Waals surface area contributed by atoms with Gasteiger partial charge in [0, 0.05) is 30.3 Å². The molecule has 2 aromatic carbocycles. The molecule has 174 valence electrons. The highest BCUT2D eigenvalue weighted by atomic mass is 16.6. The minimum absolute atomic E-state index is 0.300. The Morgan fingerprint density at radius 3 is 2.68 bits per heavy atom. The second-order valence-corrected chi connectivity index (χ2v) is 7.91. The predicted molar refractivity (Wildman–Crippen MR) is 125 cm³/mol. The number of hydrogen-bond donors (Lipinski definition) is 2. The SMILES string of the molecule is O=C(N[C@H]1N=C(c2ccccc2)c2ccccc2NC1=O)Oc1ccoc1CN1CCOCC1. The fraction of sp³-hybridized carbons (Fsp3) is 0.240. The van der Waals surface area contributed by atoms with Crippen molar-refractivity contribution in [1.82, 2.24) is 10.2 Å². The molecular weight excluding hydrogens is 436 g/mol. The zero-order valence-corrected chi connectivity index (χ0v) is 18.4. The number of benzene rings is 2. The van der Waals surface area contributed by atoms with Crippen LogP contribution < -0.4 is 15.4 Å². The topological polar surface area (TPSA) is 105 Å². The van der Waals surface area contributed by atoms with Crippen LogP contribution in [0.25, 0.3) is 0 Å². The van der Waals surface area contributed by atoms with Gasteiger partial charge in [0.1, 0.15) is 0 Å². The minimum Gasteiger partial charge on any atom is -0.464 e. The van der Waals surface area contributed by atoms with Crippen LogP contribution >= 0.6 is 0 Å². The summed E-state index contributed by atoms with van der Waals surface area (Å²) in [7, 11) is 0. The van der Waals surface area contributed by atoms with E-state index in [1.165, 1.54) is 6.26 Å². The van der Waals surface area contributed by atoms with Crippen LogP contribution in [0.2, 0.25) is 0 Å². The highest BCUT2D eigenvalue weighted by molar-refractivity contribution is 6.19. The largest absolute Gasteiger partial charge is 0.464 e. The standard InChI is InChI=1S/C25H24N4O5/c30-24-23(27-22(17-6-2-1-3-7-17)18-8-4-5-9-19(18)26-24)28-25(31)34-20-10-13-33-21(20)16-29-11-14-32-15-12-29/h1-10,13,23H,11-12,14-16H2,(H,26,30)(H,28,31)/t23-/m1/s1. The van der Waals surface area contributed by atoms with E-state index in [0.29, 0.717) is 42.7 Å². The molecule has 9 heteroatoms. The van der Waals surface area contributed by atoms with Crippen LogP contribution in [0, 0.1) is 0 Å². The van der Waals surface area contributed by atoms with E-state index in [1.54, 1.807) is 12.1 Å². The number of carbonyl (C=O) groups is 2. The fourth-order valence-electron chi connectivity index (χ4n) is 3.92. The smallest absolute Gasteiger partial charge is 0.414 e. The lowest BCUT2D eigenvalue weighted by molar-refractivity contribution is -0.117. The Balaban J connectivity index is 1.34. The number of carbonyl (C=O) groups excluding carboxylic acids is 2. The second-order valence-electron chi connectivity index (χ2n) is 7.91. The van der Waals surface area contributed by atoms with E-state index in [4.69, 9.17) is 13.9 Å². The lowest BCUT2D eigenvalue weighted by Gasteiger charge is -2.25. The number of fused-ring (bicyclic) bond motifs is 1. The minimum atomic E-state index is -1.18. The van der Waals surface area contributed by atoms with E-state index >= 15 is 0 Å². The summed E-state index contributed by atoms with van der Waals surface area (Å²) < 4.78 is 16.4. The Hall–Kier alpha value is -3.95. The van der Waals surface area contributed by atoms with E-state index < -0.39 is 18.2 Å². The third-order valence-corrected chi connectivity index (χ3v) is 5.63. The molecule has 1 atom stereocenters. The van der Waals surface area contributed by atoms with E-state index in [0.717, 1.165) is 24.2 Å². The zero-order chi connectivity index (χ0) is 23.3. The molecule has 1 fully saturated rings. The van der Waals surface area contributed by atoms with Gasteiger partial charge in [0.15, 0.2) is 11.5 Å². The number of hydrogen-bond acceptors (Lipinski definition) is 7. The molecule has 0 saturated carbocycles. The molecule has 0 aliphatic carbocycles. The van der Waals surface area contributed by atoms with Gasteiger partial charge < -0.3 is 19.2 Å². The van der Waals surface area contributed by atoms with E-state index in [9.17, 15) is 9.59 Å². The van der Waals surface area contributed by atoms with Crippen LogP contribution in [0.1, 0.15) is 16.9 Å². The summed E-state index contributed by atoms with van der Waals surface area (Å²) in [5.74, 6) is 0.368. The van der Waals surface area contributed by atoms with Crippen LogP contribution in [-0.2, 0) is 16.1 Å². The van der Waals surface area contributed by atoms with Crippen molar-refractivity contribution in [3.8, 4) is 5.75 Å². The first-order chi connectivity index (χ1) is 16.7. The van der Waals surface area contributed by atoms with E-state index in [1.807, 2.05) is 48.5 Å². The maximum atomic E-state index is 12.9. The molecular formula is C25H24N4O5. The highest BCUT2D eigenvalue weighted by Gasteiger charge is 2.28. The maximum absolute atomic E-state index is 12.9. The molecule has 2 amide bonds. The molecule has 9 nitrogen and oxygen atoms in total. The number of morpholine rings is 1. The zero-order valence-electron chi connectivity index (χ0n) is 18.4. The number of nitrogens with zero attached hydrogens (tertiary/aromatic N) is 2. The number of ether oxygens (including phenoxy) is 2. The Bertz CT molecular complexity index is 1200. The maximum Gasteiger partial charge on any atom is 0.414 e. The molecule has 1 saturated heterocycles. The van der Waals surface area contributed by atoms with Crippen LogP contribution in [0.5, 0.6) is 5.75 Å². The van der Waals surface area contributed by atoms with Gasteiger partial charge in [-0.25, -0.2) is 9.79 Å². The number of rotatable bonds is 5. The van der Waals surface area contributed by atoms with Crippen molar-refractivity contribution >= 4 is 23.4 Å². The number of benzodiazepines with no additional fused rings is 1. The van der Waals surface area contributed by atoms with Gasteiger partial charge in [0.25, 0.3) is 5.91 Å². The number of anilines is 1. The first kappa shape index (κ1) is 21.9. The summed E-state index contributed by atoms with van der Waals surface area (Å²) >= 11 is 0. The molecule has 3 aromatic rings. The molecule has 0 spiro atoms. The molecule has 0 radical (unpaired) electrons. The van der Waals surface area contributed by atoms with Gasteiger partial charge in [-0.15, -0.1) is 0 Å². The van der Waals surface area contributed by atoms with Gasteiger partial charge in [-0.1, -0.05) is 48.5 Å². The molecule has 5 rings (SSSR count). The highest BCUT2D eigenvalue weighted by Crippen LogP contribution is 2.25. The average Bonchev–Trinajstić information content (AvgIpc) is 3.23. The molecule has 3 heterocycles. The lowest BCUT2D eigenvalue weighted by atomic mass is 10.0. The molecule has 2 aliphatic heterocycles. The second kappa shape index (κ2) is 9.90. The normalized spacial score (nSPS) is 18.3. The van der Waals surface area contributed by atoms with Crippen LogP contribution in [0.4, 0.5) is 10.5 Å².